The lowest BCUT2D eigenvalue weighted by Gasteiger charge is -2.13. The zero-order valence-corrected chi connectivity index (χ0v) is 12.1. The van der Waals surface area contributed by atoms with Crippen LogP contribution in [0.5, 0.6) is 5.75 Å². The first-order valence-electron chi connectivity index (χ1n) is 7.01. The van der Waals surface area contributed by atoms with Gasteiger partial charge in [-0.2, -0.15) is 0 Å². The molecule has 20 heavy (non-hydrogen) atoms. The fourth-order valence-corrected chi connectivity index (χ4v) is 2.39. The van der Waals surface area contributed by atoms with Crippen LogP contribution in [-0.2, 0) is 6.54 Å². The van der Waals surface area contributed by atoms with E-state index in [1.807, 2.05) is 18.2 Å². The van der Waals surface area contributed by atoms with Gasteiger partial charge in [0.05, 0.1) is 12.7 Å². The third-order valence-corrected chi connectivity index (χ3v) is 3.87. The fourth-order valence-electron chi connectivity index (χ4n) is 2.39. The van der Waals surface area contributed by atoms with Crippen LogP contribution in [0.3, 0.4) is 0 Å². The minimum atomic E-state index is 0.0590. The molecule has 1 unspecified atom stereocenters. The van der Waals surface area contributed by atoms with Crippen LogP contribution in [0.2, 0.25) is 0 Å². The highest BCUT2D eigenvalue weighted by molar-refractivity contribution is 5.99. The number of benzene rings is 1. The Hall–Kier alpha value is -1.75. The van der Waals surface area contributed by atoms with E-state index < -0.39 is 0 Å². The monoisotopic (exact) mass is 277 g/mol. The predicted molar refractivity (Wildman–Crippen MR) is 79.1 cm³/mol. The van der Waals surface area contributed by atoms with Gasteiger partial charge < -0.3 is 21.0 Å². The lowest BCUT2D eigenvalue weighted by atomic mass is 10.1. The van der Waals surface area contributed by atoms with Crippen molar-refractivity contribution in [2.45, 2.75) is 26.3 Å². The molecule has 0 heterocycles. The van der Waals surface area contributed by atoms with Crippen molar-refractivity contribution in [1.82, 2.24) is 5.32 Å². The summed E-state index contributed by atoms with van der Waals surface area (Å²) in [6, 6.07) is 5.70. The molecule has 0 aromatic heterocycles. The van der Waals surface area contributed by atoms with Crippen molar-refractivity contribution < 1.29 is 9.94 Å². The molecule has 2 rings (SSSR count). The van der Waals surface area contributed by atoms with Crippen LogP contribution in [-0.4, -0.2) is 24.7 Å². The number of rotatable bonds is 7. The van der Waals surface area contributed by atoms with Gasteiger partial charge in [-0.3, -0.25) is 0 Å². The highest BCUT2D eigenvalue weighted by Crippen LogP contribution is 2.36. The normalized spacial score (nSPS) is 17.0. The predicted octanol–water partition coefficient (Wildman–Crippen LogP) is 1.93. The van der Waals surface area contributed by atoms with Crippen LogP contribution < -0.4 is 15.8 Å². The molecule has 1 fully saturated rings. The van der Waals surface area contributed by atoms with Crippen LogP contribution >= 0.6 is 0 Å². The van der Waals surface area contributed by atoms with Gasteiger partial charge in [-0.25, -0.2) is 0 Å². The second-order valence-corrected chi connectivity index (χ2v) is 5.47. The molecule has 1 aromatic rings. The first-order chi connectivity index (χ1) is 9.65. The molecule has 1 saturated carbocycles. The molecule has 1 aromatic carbocycles. The van der Waals surface area contributed by atoms with Crippen LogP contribution in [0.15, 0.2) is 23.4 Å². The Bertz CT molecular complexity index is 484. The number of hydrogen-bond donors (Lipinski definition) is 3. The first kappa shape index (κ1) is 14.7. The molecule has 1 aliphatic rings. The Morgan fingerprint density at radius 1 is 1.55 bits per heavy atom. The second kappa shape index (κ2) is 6.61. The van der Waals surface area contributed by atoms with Gasteiger partial charge in [0, 0.05) is 6.54 Å². The van der Waals surface area contributed by atoms with Crippen LogP contribution in [0.25, 0.3) is 0 Å². The van der Waals surface area contributed by atoms with Gasteiger partial charge >= 0.3 is 0 Å². The lowest BCUT2D eigenvalue weighted by molar-refractivity contribution is 0.318. The summed E-state index contributed by atoms with van der Waals surface area (Å²) in [6.45, 7) is 4.13. The molecular formula is C15H23N3O2. The van der Waals surface area contributed by atoms with Crippen molar-refractivity contribution >= 4 is 5.84 Å². The molecule has 5 heteroatoms. The van der Waals surface area contributed by atoms with E-state index in [2.05, 4.69) is 17.4 Å². The van der Waals surface area contributed by atoms with E-state index in [9.17, 15) is 0 Å². The van der Waals surface area contributed by atoms with E-state index in [0.29, 0.717) is 11.3 Å². The summed E-state index contributed by atoms with van der Waals surface area (Å²) < 4.78 is 5.28. The van der Waals surface area contributed by atoms with E-state index >= 15 is 0 Å². The van der Waals surface area contributed by atoms with Crippen molar-refractivity contribution in [3.05, 3.63) is 29.3 Å². The summed E-state index contributed by atoms with van der Waals surface area (Å²) in [5, 5.41) is 15.2. The summed E-state index contributed by atoms with van der Waals surface area (Å²) in [6.07, 6.45) is 2.76. The fraction of sp³-hybridized carbons (Fsp3) is 0.533. The van der Waals surface area contributed by atoms with Crippen LogP contribution in [0, 0.1) is 11.8 Å². The summed E-state index contributed by atoms with van der Waals surface area (Å²) in [4.78, 5) is 0. The number of methoxy groups -OCH3 is 1. The number of nitrogens with one attached hydrogen (secondary N) is 1. The van der Waals surface area contributed by atoms with Crippen molar-refractivity contribution in [1.29, 1.82) is 0 Å². The zero-order valence-electron chi connectivity index (χ0n) is 12.1. The minimum absolute atomic E-state index is 0.0590. The molecule has 0 spiro atoms. The van der Waals surface area contributed by atoms with Crippen molar-refractivity contribution in [2.24, 2.45) is 22.7 Å². The van der Waals surface area contributed by atoms with Crippen LogP contribution in [0.1, 0.15) is 30.9 Å². The van der Waals surface area contributed by atoms with E-state index in [0.717, 1.165) is 30.5 Å². The minimum Gasteiger partial charge on any atom is -0.496 e. The number of nitrogens with zero attached hydrogens (tertiary/aromatic N) is 1. The summed E-state index contributed by atoms with van der Waals surface area (Å²) in [5.41, 5.74) is 7.33. The van der Waals surface area contributed by atoms with Gasteiger partial charge in [0.15, 0.2) is 5.84 Å². The molecule has 4 N–H and O–H groups in total. The van der Waals surface area contributed by atoms with Gasteiger partial charge in [-0.15, -0.1) is 0 Å². The molecule has 0 saturated heterocycles. The number of oxime groups is 1. The average molecular weight is 277 g/mol. The van der Waals surface area contributed by atoms with E-state index in [4.69, 9.17) is 15.7 Å². The largest absolute Gasteiger partial charge is 0.496 e. The standard InChI is InChI=1S/C15H23N3O2/c1-10(12-4-5-12)8-17-9-11-3-6-13(15(16)18-19)14(7-11)20-2/h3,6-7,10,12,17,19H,4-5,8-9H2,1-2H3,(H2,16,18). The SMILES string of the molecule is COc1cc(CNCC(C)C2CC2)ccc1/C(N)=N/O. The molecule has 0 aliphatic heterocycles. The van der Waals surface area contributed by atoms with E-state index in [1.54, 1.807) is 7.11 Å². The topological polar surface area (TPSA) is 79.9 Å². The second-order valence-electron chi connectivity index (χ2n) is 5.47. The maximum Gasteiger partial charge on any atom is 0.173 e. The molecule has 110 valence electrons. The molecule has 1 aliphatic carbocycles. The Labute approximate surface area is 119 Å². The number of amidine groups is 1. The Balaban J connectivity index is 1.94. The van der Waals surface area contributed by atoms with E-state index in [-0.39, 0.29) is 5.84 Å². The van der Waals surface area contributed by atoms with Crippen molar-refractivity contribution in [2.75, 3.05) is 13.7 Å². The molecule has 0 amide bonds. The van der Waals surface area contributed by atoms with Gasteiger partial charge in [-0.05, 0) is 48.9 Å². The van der Waals surface area contributed by atoms with Gasteiger partial charge in [0.1, 0.15) is 5.75 Å². The Morgan fingerprint density at radius 2 is 2.30 bits per heavy atom. The quantitative estimate of drug-likeness (QED) is 0.308. The van der Waals surface area contributed by atoms with Crippen molar-refractivity contribution in [3.63, 3.8) is 0 Å². The first-order valence-corrected chi connectivity index (χ1v) is 7.01. The number of ether oxygens (including phenoxy) is 1. The molecule has 5 nitrogen and oxygen atoms in total. The number of hydrogen-bond acceptors (Lipinski definition) is 4. The summed E-state index contributed by atoms with van der Waals surface area (Å²) in [7, 11) is 1.58. The summed E-state index contributed by atoms with van der Waals surface area (Å²) >= 11 is 0. The van der Waals surface area contributed by atoms with Gasteiger partial charge in [0.25, 0.3) is 0 Å². The highest BCUT2D eigenvalue weighted by Gasteiger charge is 2.27. The molecule has 0 radical (unpaired) electrons. The smallest absolute Gasteiger partial charge is 0.173 e. The molecule has 0 bridgehead atoms. The average Bonchev–Trinajstić information content (AvgIpc) is 3.30. The van der Waals surface area contributed by atoms with Gasteiger partial charge in [0.2, 0.25) is 0 Å². The third kappa shape index (κ3) is 3.63. The Kier molecular flexibility index (Phi) is 4.84. The van der Waals surface area contributed by atoms with Crippen molar-refractivity contribution in [3.8, 4) is 5.75 Å². The number of nitrogens with two attached hydrogens (primary N) is 1. The molecule has 1 atom stereocenters. The Morgan fingerprint density at radius 3 is 2.90 bits per heavy atom. The van der Waals surface area contributed by atoms with Gasteiger partial charge in [-0.1, -0.05) is 18.1 Å². The zero-order chi connectivity index (χ0) is 14.5. The van der Waals surface area contributed by atoms with Crippen LogP contribution in [0.4, 0.5) is 0 Å². The lowest BCUT2D eigenvalue weighted by Crippen LogP contribution is -2.22. The summed E-state index contributed by atoms with van der Waals surface area (Å²) in [5.74, 6) is 2.34. The highest BCUT2D eigenvalue weighted by atomic mass is 16.5. The maximum absolute atomic E-state index is 8.73. The molecular weight excluding hydrogens is 254 g/mol. The van der Waals surface area contributed by atoms with E-state index in [1.165, 1.54) is 12.8 Å². The maximum atomic E-state index is 8.73. The third-order valence-electron chi connectivity index (χ3n) is 3.87.